The number of hydrogen-bond acceptors (Lipinski definition) is 2. The van der Waals surface area contributed by atoms with Gasteiger partial charge in [0.05, 0.1) is 5.69 Å². The number of hydrogen-bond donors (Lipinski definition) is 1. The molecule has 0 spiro atoms. The summed E-state index contributed by atoms with van der Waals surface area (Å²) in [6, 6.07) is 5.65. The fourth-order valence-corrected chi connectivity index (χ4v) is 1.78. The third-order valence-electron chi connectivity index (χ3n) is 3.01. The average Bonchev–Trinajstić information content (AvgIpc) is 2.31. The summed E-state index contributed by atoms with van der Waals surface area (Å²) >= 11 is 0. The minimum atomic E-state index is -0.136. The molecular formula is C13H21FN2. The van der Waals surface area contributed by atoms with Crippen LogP contribution >= 0.6 is 0 Å². The summed E-state index contributed by atoms with van der Waals surface area (Å²) < 4.78 is 13.9. The molecule has 0 aromatic heterocycles. The molecule has 0 radical (unpaired) electrons. The highest BCUT2D eigenvalue weighted by Gasteiger charge is 2.11. The Hall–Kier alpha value is -1.09. The predicted molar refractivity (Wildman–Crippen MR) is 67.4 cm³/mol. The molecule has 1 unspecified atom stereocenters. The molecule has 1 atom stereocenters. The van der Waals surface area contributed by atoms with E-state index in [-0.39, 0.29) is 11.9 Å². The van der Waals surface area contributed by atoms with Crippen LogP contribution in [0.4, 0.5) is 10.1 Å². The third-order valence-corrected chi connectivity index (χ3v) is 3.01. The van der Waals surface area contributed by atoms with Gasteiger partial charge in [-0.3, -0.25) is 0 Å². The summed E-state index contributed by atoms with van der Waals surface area (Å²) in [7, 11) is 1.88. The number of nitrogens with one attached hydrogen (secondary N) is 1. The molecule has 3 heteroatoms. The van der Waals surface area contributed by atoms with E-state index >= 15 is 0 Å². The van der Waals surface area contributed by atoms with E-state index < -0.39 is 0 Å². The van der Waals surface area contributed by atoms with Crippen molar-refractivity contribution in [3.8, 4) is 0 Å². The van der Waals surface area contributed by atoms with Crippen molar-refractivity contribution in [2.45, 2.75) is 26.8 Å². The smallest absolute Gasteiger partial charge is 0.146 e. The molecule has 0 saturated heterocycles. The highest BCUT2D eigenvalue weighted by atomic mass is 19.1. The third kappa shape index (κ3) is 2.73. The molecule has 0 fully saturated rings. The number of anilines is 1. The van der Waals surface area contributed by atoms with E-state index in [0.29, 0.717) is 5.69 Å². The van der Waals surface area contributed by atoms with Gasteiger partial charge in [0.15, 0.2) is 0 Å². The van der Waals surface area contributed by atoms with Crippen LogP contribution in [0.2, 0.25) is 0 Å². The summed E-state index contributed by atoms with van der Waals surface area (Å²) in [5.74, 6) is -0.136. The standard InChI is InChI=1S/C13H21FN2/c1-5-16(6-2)13-8-7-11(9-12(13)14)10(3)15-4/h7-10,15H,5-6H2,1-4H3. The van der Waals surface area contributed by atoms with Crippen LogP contribution in [0.3, 0.4) is 0 Å². The van der Waals surface area contributed by atoms with Gasteiger partial charge in [0, 0.05) is 19.1 Å². The molecule has 16 heavy (non-hydrogen) atoms. The van der Waals surface area contributed by atoms with E-state index in [1.165, 1.54) is 0 Å². The molecular weight excluding hydrogens is 203 g/mol. The highest BCUT2D eigenvalue weighted by Crippen LogP contribution is 2.23. The van der Waals surface area contributed by atoms with E-state index in [0.717, 1.165) is 18.7 Å². The Bertz CT molecular complexity index is 335. The van der Waals surface area contributed by atoms with E-state index in [4.69, 9.17) is 0 Å². The van der Waals surface area contributed by atoms with Crippen LogP contribution in [0.1, 0.15) is 32.4 Å². The monoisotopic (exact) mass is 224 g/mol. The lowest BCUT2D eigenvalue weighted by Gasteiger charge is -2.22. The number of benzene rings is 1. The lowest BCUT2D eigenvalue weighted by molar-refractivity contribution is 0.603. The molecule has 1 aromatic carbocycles. The summed E-state index contributed by atoms with van der Waals surface area (Å²) in [6.45, 7) is 7.74. The molecule has 0 aliphatic rings. The average molecular weight is 224 g/mol. The summed E-state index contributed by atoms with van der Waals surface area (Å²) in [5.41, 5.74) is 1.67. The van der Waals surface area contributed by atoms with Crippen molar-refractivity contribution in [2.24, 2.45) is 0 Å². The van der Waals surface area contributed by atoms with Crippen molar-refractivity contribution in [3.05, 3.63) is 29.6 Å². The molecule has 0 heterocycles. The van der Waals surface area contributed by atoms with Gasteiger partial charge in [-0.2, -0.15) is 0 Å². The normalized spacial score (nSPS) is 12.6. The SMILES string of the molecule is CCN(CC)c1ccc(C(C)NC)cc1F. The molecule has 0 saturated carbocycles. The molecule has 1 rings (SSSR count). The lowest BCUT2D eigenvalue weighted by Crippen LogP contribution is -2.23. The Morgan fingerprint density at radius 1 is 1.31 bits per heavy atom. The van der Waals surface area contributed by atoms with Gasteiger partial charge in [0.25, 0.3) is 0 Å². The summed E-state index contributed by atoms with van der Waals surface area (Å²) in [4.78, 5) is 2.02. The fraction of sp³-hybridized carbons (Fsp3) is 0.538. The van der Waals surface area contributed by atoms with Crippen LogP contribution in [0.15, 0.2) is 18.2 Å². The first-order valence-electron chi connectivity index (χ1n) is 5.85. The first kappa shape index (κ1) is 13.0. The van der Waals surface area contributed by atoms with Gasteiger partial charge in [-0.05, 0) is 45.5 Å². The maximum Gasteiger partial charge on any atom is 0.146 e. The number of nitrogens with zero attached hydrogens (tertiary/aromatic N) is 1. The van der Waals surface area contributed by atoms with Crippen molar-refractivity contribution >= 4 is 5.69 Å². The van der Waals surface area contributed by atoms with Gasteiger partial charge in [-0.15, -0.1) is 0 Å². The molecule has 0 bridgehead atoms. The van der Waals surface area contributed by atoms with Crippen molar-refractivity contribution in [2.75, 3.05) is 25.0 Å². The van der Waals surface area contributed by atoms with Crippen molar-refractivity contribution < 1.29 is 4.39 Å². The first-order chi connectivity index (χ1) is 7.63. The van der Waals surface area contributed by atoms with Crippen molar-refractivity contribution in [3.63, 3.8) is 0 Å². The zero-order chi connectivity index (χ0) is 12.1. The van der Waals surface area contributed by atoms with Crippen LogP contribution in [-0.2, 0) is 0 Å². The second kappa shape index (κ2) is 5.85. The maximum atomic E-state index is 13.9. The van der Waals surface area contributed by atoms with E-state index in [2.05, 4.69) is 5.32 Å². The molecule has 0 aliphatic carbocycles. The fourth-order valence-electron chi connectivity index (χ4n) is 1.78. The molecule has 0 aliphatic heterocycles. The molecule has 1 aromatic rings. The quantitative estimate of drug-likeness (QED) is 0.827. The Morgan fingerprint density at radius 3 is 2.38 bits per heavy atom. The molecule has 0 amide bonds. The van der Waals surface area contributed by atoms with Gasteiger partial charge in [0.2, 0.25) is 0 Å². The van der Waals surface area contributed by atoms with Crippen LogP contribution in [-0.4, -0.2) is 20.1 Å². The Morgan fingerprint density at radius 2 is 1.94 bits per heavy atom. The number of rotatable bonds is 5. The zero-order valence-corrected chi connectivity index (χ0v) is 10.5. The van der Waals surface area contributed by atoms with Crippen LogP contribution in [0.25, 0.3) is 0 Å². The summed E-state index contributed by atoms with van der Waals surface area (Å²) in [6.07, 6.45) is 0. The van der Waals surface area contributed by atoms with E-state index in [9.17, 15) is 4.39 Å². The predicted octanol–water partition coefficient (Wildman–Crippen LogP) is 2.95. The summed E-state index contributed by atoms with van der Waals surface area (Å²) in [5, 5.41) is 3.10. The van der Waals surface area contributed by atoms with Crippen molar-refractivity contribution in [1.29, 1.82) is 0 Å². The maximum absolute atomic E-state index is 13.9. The Labute approximate surface area is 97.5 Å². The lowest BCUT2D eigenvalue weighted by atomic mass is 10.1. The van der Waals surface area contributed by atoms with Crippen LogP contribution < -0.4 is 10.2 Å². The zero-order valence-electron chi connectivity index (χ0n) is 10.5. The van der Waals surface area contributed by atoms with Crippen LogP contribution in [0.5, 0.6) is 0 Å². The van der Waals surface area contributed by atoms with E-state index in [1.54, 1.807) is 6.07 Å². The van der Waals surface area contributed by atoms with Gasteiger partial charge in [-0.25, -0.2) is 4.39 Å². The van der Waals surface area contributed by atoms with E-state index in [1.807, 2.05) is 44.9 Å². The largest absolute Gasteiger partial charge is 0.370 e. The second-order valence-corrected chi connectivity index (χ2v) is 3.89. The first-order valence-corrected chi connectivity index (χ1v) is 5.85. The minimum Gasteiger partial charge on any atom is -0.370 e. The Kier molecular flexibility index (Phi) is 4.74. The Balaban J connectivity index is 2.99. The topological polar surface area (TPSA) is 15.3 Å². The molecule has 2 nitrogen and oxygen atoms in total. The van der Waals surface area contributed by atoms with Crippen LogP contribution in [0, 0.1) is 5.82 Å². The molecule has 90 valence electrons. The van der Waals surface area contributed by atoms with Gasteiger partial charge in [0.1, 0.15) is 5.82 Å². The highest BCUT2D eigenvalue weighted by molar-refractivity contribution is 5.49. The molecule has 1 N–H and O–H groups in total. The second-order valence-electron chi connectivity index (χ2n) is 3.89. The number of halogens is 1. The van der Waals surface area contributed by atoms with Gasteiger partial charge >= 0.3 is 0 Å². The van der Waals surface area contributed by atoms with Gasteiger partial charge < -0.3 is 10.2 Å². The van der Waals surface area contributed by atoms with Crippen molar-refractivity contribution in [1.82, 2.24) is 5.32 Å². The van der Waals surface area contributed by atoms with Gasteiger partial charge in [-0.1, -0.05) is 6.07 Å². The minimum absolute atomic E-state index is 0.136.